The number of carbonyl (C=O) groups is 2. The van der Waals surface area contributed by atoms with Crippen LogP contribution in [-0.2, 0) is 9.53 Å². The van der Waals surface area contributed by atoms with Crippen LogP contribution in [0.2, 0.25) is 0 Å². The molecule has 5 heteroatoms. The molecule has 2 rings (SSSR count). The Kier molecular flexibility index (Phi) is 5.33. The summed E-state index contributed by atoms with van der Waals surface area (Å²) in [6, 6.07) is 8.47. The van der Waals surface area contributed by atoms with Crippen molar-refractivity contribution in [2.75, 3.05) is 5.32 Å². The van der Waals surface area contributed by atoms with Crippen LogP contribution in [-0.4, -0.2) is 18.0 Å². The maximum absolute atomic E-state index is 12.2. The van der Waals surface area contributed by atoms with Crippen LogP contribution in [0.5, 0.6) is 0 Å². The summed E-state index contributed by atoms with van der Waals surface area (Å²) in [6.45, 7) is 0. The molecular formula is C16H18N2O3. The van der Waals surface area contributed by atoms with Crippen LogP contribution in [0.4, 0.5) is 5.69 Å². The fourth-order valence-electron chi connectivity index (χ4n) is 2.43. The average Bonchev–Trinajstić information content (AvgIpc) is 2.49. The molecule has 21 heavy (non-hydrogen) atoms. The molecule has 1 aromatic rings. The second-order valence-electron chi connectivity index (χ2n) is 5.09. The summed E-state index contributed by atoms with van der Waals surface area (Å²) in [5, 5.41) is 11.1. The van der Waals surface area contributed by atoms with E-state index >= 15 is 0 Å². The molecule has 1 aromatic carbocycles. The molecule has 1 aliphatic carbocycles. The maximum atomic E-state index is 12.2. The second kappa shape index (κ2) is 7.44. The van der Waals surface area contributed by atoms with Crippen molar-refractivity contribution in [2.24, 2.45) is 0 Å². The molecule has 0 unspecified atom stereocenters. The quantitative estimate of drug-likeness (QED) is 0.863. The zero-order valence-electron chi connectivity index (χ0n) is 11.8. The third kappa shape index (κ3) is 4.32. The van der Waals surface area contributed by atoms with Gasteiger partial charge in [-0.25, -0.2) is 4.79 Å². The zero-order chi connectivity index (χ0) is 15.1. The van der Waals surface area contributed by atoms with Crippen LogP contribution in [0.3, 0.4) is 0 Å². The molecule has 5 nitrogen and oxygen atoms in total. The Morgan fingerprint density at radius 2 is 1.95 bits per heavy atom. The lowest BCUT2D eigenvalue weighted by atomic mass is 9.98. The van der Waals surface area contributed by atoms with Crippen molar-refractivity contribution in [3.05, 3.63) is 29.8 Å². The van der Waals surface area contributed by atoms with E-state index in [9.17, 15) is 9.59 Å². The largest absolute Gasteiger partial charge is 0.459 e. The number of hydrogen-bond donors (Lipinski definition) is 1. The summed E-state index contributed by atoms with van der Waals surface area (Å²) in [6.07, 6.45) is 4.87. The number of esters is 1. The number of nitrogens with zero attached hydrogens (tertiary/aromatic N) is 1. The van der Waals surface area contributed by atoms with Crippen LogP contribution in [0, 0.1) is 11.3 Å². The molecule has 0 aromatic heterocycles. The van der Waals surface area contributed by atoms with Crippen molar-refractivity contribution >= 4 is 17.6 Å². The predicted molar refractivity (Wildman–Crippen MR) is 77.6 cm³/mol. The van der Waals surface area contributed by atoms with Crippen LogP contribution < -0.4 is 5.32 Å². The first-order valence-electron chi connectivity index (χ1n) is 7.17. The minimum Gasteiger partial charge on any atom is -0.459 e. The highest BCUT2D eigenvalue weighted by Gasteiger charge is 2.20. The Bertz CT molecular complexity index is 557. The van der Waals surface area contributed by atoms with E-state index in [1.807, 2.05) is 0 Å². The van der Waals surface area contributed by atoms with E-state index in [0.717, 1.165) is 25.7 Å². The minimum absolute atomic E-state index is 0.0332. The van der Waals surface area contributed by atoms with E-state index in [0.29, 0.717) is 11.3 Å². The Labute approximate surface area is 123 Å². The van der Waals surface area contributed by atoms with Crippen molar-refractivity contribution in [2.45, 2.75) is 44.6 Å². The third-order valence-electron chi connectivity index (χ3n) is 3.49. The molecule has 0 heterocycles. The smallest absolute Gasteiger partial charge is 0.340 e. The number of amides is 1. The van der Waals surface area contributed by atoms with Gasteiger partial charge in [-0.1, -0.05) is 18.6 Å². The molecule has 0 radical (unpaired) electrons. The topological polar surface area (TPSA) is 79.2 Å². The first-order chi connectivity index (χ1) is 10.2. The highest BCUT2D eigenvalue weighted by Crippen LogP contribution is 2.23. The number of hydrogen-bond acceptors (Lipinski definition) is 4. The Balaban J connectivity index is 2.06. The van der Waals surface area contributed by atoms with E-state index in [2.05, 4.69) is 5.32 Å². The van der Waals surface area contributed by atoms with Gasteiger partial charge in [0.05, 0.1) is 17.3 Å². The fourth-order valence-corrected chi connectivity index (χ4v) is 2.43. The zero-order valence-corrected chi connectivity index (χ0v) is 11.8. The highest BCUT2D eigenvalue weighted by atomic mass is 16.5. The summed E-state index contributed by atoms with van der Waals surface area (Å²) in [7, 11) is 0. The lowest BCUT2D eigenvalue weighted by molar-refractivity contribution is -0.115. The minimum atomic E-state index is -0.435. The van der Waals surface area contributed by atoms with Crippen molar-refractivity contribution in [1.82, 2.24) is 0 Å². The van der Waals surface area contributed by atoms with Crippen molar-refractivity contribution in [3.63, 3.8) is 0 Å². The lowest BCUT2D eigenvalue weighted by Crippen LogP contribution is -2.22. The molecule has 1 N–H and O–H groups in total. The number of nitrogens with one attached hydrogen (secondary N) is 1. The van der Waals surface area contributed by atoms with Gasteiger partial charge in [0.15, 0.2) is 0 Å². The van der Waals surface area contributed by atoms with E-state index in [4.69, 9.17) is 10.00 Å². The first kappa shape index (κ1) is 15.0. The third-order valence-corrected chi connectivity index (χ3v) is 3.49. The van der Waals surface area contributed by atoms with Gasteiger partial charge in [-0.3, -0.25) is 4.79 Å². The van der Waals surface area contributed by atoms with Crippen molar-refractivity contribution in [1.29, 1.82) is 5.26 Å². The number of anilines is 1. The van der Waals surface area contributed by atoms with Gasteiger partial charge in [0.1, 0.15) is 12.5 Å². The number of benzene rings is 1. The summed E-state index contributed by atoms with van der Waals surface area (Å²) in [4.78, 5) is 23.7. The van der Waals surface area contributed by atoms with E-state index in [1.165, 1.54) is 6.42 Å². The number of nitriles is 1. The Morgan fingerprint density at radius 3 is 2.67 bits per heavy atom. The molecule has 0 aliphatic heterocycles. The molecule has 1 saturated carbocycles. The lowest BCUT2D eigenvalue weighted by Gasteiger charge is -2.22. The van der Waals surface area contributed by atoms with Gasteiger partial charge in [-0.05, 0) is 37.8 Å². The number of ether oxygens (including phenoxy) is 1. The summed E-state index contributed by atoms with van der Waals surface area (Å²) in [5.74, 6) is -0.856. The normalized spacial score (nSPS) is 15.0. The SMILES string of the molecule is N#CCC(=O)Nc1ccccc1C(=O)OC1CCCCC1. The molecule has 0 saturated heterocycles. The van der Waals surface area contributed by atoms with Gasteiger partial charge in [-0.15, -0.1) is 0 Å². The number of para-hydroxylation sites is 1. The Morgan fingerprint density at radius 1 is 1.24 bits per heavy atom. The summed E-state index contributed by atoms with van der Waals surface area (Å²) < 4.78 is 5.50. The van der Waals surface area contributed by atoms with E-state index < -0.39 is 11.9 Å². The predicted octanol–water partition coefficient (Wildman–Crippen LogP) is 3.03. The second-order valence-corrected chi connectivity index (χ2v) is 5.09. The molecule has 1 fully saturated rings. The molecule has 1 aliphatic rings. The van der Waals surface area contributed by atoms with Gasteiger partial charge in [-0.2, -0.15) is 5.26 Å². The molecular weight excluding hydrogens is 268 g/mol. The van der Waals surface area contributed by atoms with E-state index in [-0.39, 0.29) is 12.5 Å². The summed E-state index contributed by atoms with van der Waals surface area (Å²) in [5.41, 5.74) is 0.716. The maximum Gasteiger partial charge on any atom is 0.340 e. The van der Waals surface area contributed by atoms with Gasteiger partial charge < -0.3 is 10.1 Å². The molecule has 0 bridgehead atoms. The van der Waals surface area contributed by atoms with Crippen LogP contribution in [0.1, 0.15) is 48.9 Å². The highest BCUT2D eigenvalue weighted by molar-refractivity contribution is 6.01. The average molecular weight is 286 g/mol. The van der Waals surface area contributed by atoms with Crippen LogP contribution in [0.25, 0.3) is 0 Å². The number of carbonyl (C=O) groups excluding carboxylic acids is 2. The fraction of sp³-hybridized carbons (Fsp3) is 0.438. The standard InChI is InChI=1S/C16H18N2O3/c17-11-10-15(19)18-14-9-5-4-8-13(14)16(20)21-12-6-2-1-3-7-12/h4-5,8-9,12H,1-3,6-7,10H2,(H,18,19). The van der Waals surface area contributed by atoms with Crippen LogP contribution in [0.15, 0.2) is 24.3 Å². The van der Waals surface area contributed by atoms with Crippen molar-refractivity contribution in [3.8, 4) is 6.07 Å². The first-order valence-corrected chi connectivity index (χ1v) is 7.17. The van der Waals surface area contributed by atoms with Gasteiger partial charge >= 0.3 is 5.97 Å². The van der Waals surface area contributed by atoms with Crippen LogP contribution >= 0.6 is 0 Å². The van der Waals surface area contributed by atoms with Crippen molar-refractivity contribution < 1.29 is 14.3 Å². The van der Waals surface area contributed by atoms with Gasteiger partial charge in [0, 0.05) is 0 Å². The van der Waals surface area contributed by atoms with Gasteiger partial charge in [0.2, 0.25) is 5.91 Å². The molecule has 1 amide bonds. The van der Waals surface area contributed by atoms with E-state index in [1.54, 1.807) is 30.3 Å². The summed E-state index contributed by atoms with van der Waals surface area (Å²) >= 11 is 0. The Hall–Kier alpha value is -2.35. The molecule has 0 atom stereocenters. The monoisotopic (exact) mass is 286 g/mol. The number of rotatable bonds is 4. The molecule has 110 valence electrons. The van der Waals surface area contributed by atoms with Gasteiger partial charge in [0.25, 0.3) is 0 Å². The molecule has 0 spiro atoms.